The molecule has 0 aliphatic heterocycles. The fourth-order valence-electron chi connectivity index (χ4n) is 4.44. The number of hydrogen-bond donors (Lipinski definition) is 0. The SMILES string of the molecule is COC(=O)c1c(C)oc2ccc(N(C(=O)C3CCCCC3)S(=O)(=O)c3ccc(OC)cc3)cc12. The molecule has 0 unspecified atom stereocenters. The van der Waals surface area contributed by atoms with Crippen LogP contribution in [0.2, 0.25) is 0 Å². The summed E-state index contributed by atoms with van der Waals surface area (Å²) >= 11 is 0. The van der Waals surface area contributed by atoms with Crippen molar-refractivity contribution in [1.82, 2.24) is 0 Å². The predicted molar refractivity (Wildman–Crippen MR) is 127 cm³/mol. The summed E-state index contributed by atoms with van der Waals surface area (Å²) < 4.78 is 44.1. The van der Waals surface area contributed by atoms with Gasteiger partial charge in [0.05, 0.1) is 24.8 Å². The third-order valence-electron chi connectivity index (χ3n) is 6.22. The van der Waals surface area contributed by atoms with Crippen molar-refractivity contribution in [3.05, 3.63) is 53.8 Å². The zero-order valence-electron chi connectivity index (χ0n) is 19.4. The topological polar surface area (TPSA) is 103 Å². The third-order valence-corrected chi connectivity index (χ3v) is 7.96. The number of nitrogens with zero attached hydrogens (tertiary/aromatic N) is 1. The molecule has 0 atom stereocenters. The largest absolute Gasteiger partial charge is 0.497 e. The zero-order chi connectivity index (χ0) is 24.5. The van der Waals surface area contributed by atoms with Gasteiger partial charge in [-0.15, -0.1) is 0 Å². The van der Waals surface area contributed by atoms with Crippen LogP contribution in [0, 0.1) is 12.8 Å². The van der Waals surface area contributed by atoms with Crippen LogP contribution in [0.15, 0.2) is 51.8 Å². The minimum atomic E-state index is -4.25. The molecule has 1 heterocycles. The number of carbonyl (C=O) groups excluding carboxylic acids is 2. The average Bonchev–Trinajstić information content (AvgIpc) is 3.19. The Labute approximate surface area is 198 Å². The first-order valence-electron chi connectivity index (χ1n) is 11.1. The lowest BCUT2D eigenvalue weighted by atomic mass is 9.88. The molecule has 1 saturated carbocycles. The van der Waals surface area contributed by atoms with E-state index in [1.165, 1.54) is 50.6 Å². The number of carbonyl (C=O) groups is 2. The molecule has 34 heavy (non-hydrogen) atoms. The Morgan fingerprint density at radius 1 is 1.00 bits per heavy atom. The van der Waals surface area contributed by atoms with E-state index in [2.05, 4.69) is 0 Å². The maximum absolute atomic E-state index is 13.8. The smallest absolute Gasteiger partial charge is 0.342 e. The molecule has 0 spiro atoms. The zero-order valence-corrected chi connectivity index (χ0v) is 20.2. The third kappa shape index (κ3) is 4.27. The minimum Gasteiger partial charge on any atom is -0.497 e. The second kappa shape index (κ2) is 9.50. The van der Waals surface area contributed by atoms with E-state index < -0.39 is 27.8 Å². The Bertz CT molecular complexity index is 1320. The van der Waals surface area contributed by atoms with Crippen LogP contribution >= 0.6 is 0 Å². The molecule has 0 saturated heterocycles. The lowest BCUT2D eigenvalue weighted by molar-refractivity contribution is -0.122. The fraction of sp³-hybridized carbons (Fsp3) is 0.360. The molecule has 8 nitrogen and oxygen atoms in total. The highest BCUT2D eigenvalue weighted by Crippen LogP contribution is 2.35. The van der Waals surface area contributed by atoms with Gasteiger partial charge in [-0.1, -0.05) is 19.3 Å². The van der Waals surface area contributed by atoms with Gasteiger partial charge in [-0.3, -0.25) is 4.79 Å². The summed E-state index contributed by atoms with van der Waals surface area (Å²) in [4.78, 5) is 26.0. The molecule has 1 aliphatic rings. The van der Waals surface area contributed by atoms with Gasteiger partial charge in [0.2, 0.25) is 5.91 Å². The first kappa shape index (κ1) is 23.8. The number of methoxy groups -OCH3 is 2. The van der Waals surface area contributed by atoms with E-state index in [0.717, 1.165) is 23.6 Å². The number of esters is 1. The van der Waals surface area contributed by atoms with Crippen LogP contribution in [-0.2, 0) is 19.6 Å². The van der Waals surface area contributed by atoms with Crippen molar-refractivity contribution < 1.29 is 31.9 Å². The number of anilines is 1. The molecular formula is C25H27NO7S. The van der Waals surface area contributed by atoms with E-state index in [9.17, 15) is 18.0 Å². The monoisotopic (exact) mass is 485 g/mol. The Balaban J connectivity index is 1.87. The molecule has 0 N–H and O–H groups in total. The minimum absolute atomic E-state index is 0.0332. The Morgan fingerprint density at radius 2 is 1.68 bits per heavy atom. The van der Waals surface area contributed by atoms with Crippen LogP contribution in [0.1, 0.15) is 48.2 Å². The van der Waals surface area contributed by atoms with E-state index >= 15 is 0 Å². The maximum atomic E-state index is 13.8. The molecule has 9 heteroatoms. The Morgan fingerprint density at radius 3 is 2.29 bits per heavy atom. The van der Waals surface area contributed by atoms with Gasteiger partial charge in [-0.25, -0.2) is 17.5 Å². The summed E-state index contributed by atoms with van der Waals surface area (Å²) in [5.41, 5.74) is 0.740. The van der Waals surface area contributed by atoms with Gasteiger partial charge in [0.15, 0.2) is 0 Å². The molecule has 1 aliphatic carbocycles. The first-order valence-corrected chi connectivity index (χ1v) is 12.6. The molecule has 1 amide bonds. The van der Waals surface area contributed by atoms with E-state index in [0.29, 0.717) is 35.3 Å². The van der Waals surface area contributed by atoms with Gasteiger partial charge < -0.3 is 13.9 Å². The highest BCUT2D eigenvalue weighted by molar-refractivity contribution is 7.93. The number of furan rings is 1. The molecule has 1 aromatic heterocycles. The van der Waals surface area contributed by atoms with Crippen LogP contribution in [0.5, 0.6) is 5.75 Å². The second-order valence-electron chi connectivity index (χ2n) is 8.32. The van der Waals surface area contributed by atoms with E-state index in [4.69, 9.17) is 13.9 Å². The number of sulfonamides is 1. The Hall–Kier alpha value is -3.33. The lowest BCUT2D eigenvalue weighted by Crippen LogP contribution is -2.41. The van der Waals surface area contributed by atoms with E-state index in [-0.39, 0.29) is 16.1 Å². The van der Waals surface area contributed by atoms with Crippen LogP contribution in [0.25, 0.3) is 11.0 Å². The van der Waals surface area contributed by atoms with E-state index in [1.807, 2.05) is 0 Å². The van der Waals surface area contributed by atoms with Gasteiger partial charge in [-0.05, 0) is 62.2 Å². The van der Waals surface area contributed by atoms with Gasteiger partial charge in [0.1, 0.15) is 22.7 Å². The number of hydrogen-bond acceptors (Lipinski definition) is 7. The van der Waals surface area contributed by atoms with Crippen molar-refractivity contribution in [3.8, 4) is 5.75 Å². The van der Waals surface area contributed by atoms with Crippen molar-refractivity contribution in [2.75, 3.05) is 18.5 Å². The number of aryl methyl sites for hydroxylation is 1. The molecule has 0 bridgehead atoms. The quantitative estimate of drug-likeness (QED) is 0.460. The number of ether oxygens (including phenoxy) is 2. The van der Waals surface area contributed by atoms with Crippen molar-refractivity contribution >= 4 is 38.6 Å². The van der Waals surface area contributed by atoms with Crippen LogP contribution in [0.3, 0.4) is 0 Å². The fourth-order valence-corrected chi connectivity index (χ4v) is 5.91. The maximum Gasteiger partial charge on any atom is 0.342 e. The van der Waals surface area contributed by atoms with E-state index in [1.54, 1.807) is 13.0 Å². The highest BCUT2D eigenvalue weighted by atomic mass is 32.2. The summed E-state index contributed by atoms with van der Waals surface area (Å²) in [6, 6.07) is 10.5. The summed E-state index contributed by atoms with van der Waals surface area (Å²) in [6.45, 7) is 1.63. The number of amides is 1. The second-order valence-corrected chi connectivity index (χ2v) is 10.1. The van der Waals surface area contributed by atoms with Crippen LogP contribution in [0.4, 0.5) is 5.69 Å². The van der Waals surface area contributed by atoms with Gasteiger partial charge in [-0.2, -0.15) is 0 Å². The Kier molecular flexibility index (Phi) is 6.65. The van der Waals surface area contributed by atoms with Crippen LogP contribution in [-0.4, -0.2) is 34.5 Å². The number of rotatable bonds is 6. The normalized spacial score (nSPS) is 14.7. The average molecular weight is 486 g/mol. The number of benzene rings is 2. The van der Waals surface area contributed by atoms with Gasteiger partial charge >= 0.3 is 5.97 Å². The summed E-state index contributed by atoms with van der Waals surface area (Å²) in [6.07, 6.45) is 4.04. The molecule has 0 radical (unpaired) electrons. The molecule has 2 aromatic carbocycles. The van der Waals surface area contributed by atoms with Gasteiger partial charge in [0, 0.05) is 11.3 Å². The summed E-state index contributed by atoms with van der Waals surface area (Å²) in [7, 11) is -1.50. The predicted octanol–water partition coefficient (Wildman–Crippen LogP) is 4.84. The molecule has 180 valence electrons. The van der Waals surface area contributed by atoms with Crippen molar-refractivity contribution in [2.24, 2.45) is 5.92 Å². The van der Waals surface area contributed by atoms with Crippen molar-refractivity contribution in [3.63, 3.8) is 0 Å². The molecular weight excluding hydrogens is 458 g/mol. The van der Waals surface area contributed by atoms with Crippen molar-refractivity contribution in [2.45, 2.75) is 43.9 Å². The van der Waals surface area contributed by atoms with Crippen molar-refractivity contribution in [1.29, 1.82) is 0 Å². The van der Waals surface area contributed by atoms with Gasteiger partial charge in [0.25, 0.3) is 10.0 Å². The summed E-state index contributed by atoms with van der Waals surface area (Å²) in [5, 5.41) is 0.383. The molecule has 1 fully saturated rings. The first-order chi connectivity index (χ1) is 16.3. The molecule has 3 aromatic rings. The standard InChI is InChI=1S/C25H27NO7S/c1-16-23(25(28)32-3)21-15-18(9-14-22(21)33-16)26(24(27)17-7-5-4-6-8-17)34(29,30)20-12-10-19(31-2)11-13-20/h9-15,17H,4-8H2,1-3H3. The highest BCUT2D eigenvalue weighted by Gasteiger charge is 2.36. The number of fused-ring (bicyclic) bond motifs is 1. The van der Waals surface area contributed by atoms with Crippen LogP contribution < -0.4 is 9.04 Å². The molecule has 4 rings (SSSR count). The summed E-state index contributed by atoms with van der Waals surface area (Å²) in [5.74, 6) is -0.626. The lowest BCUT2D eigenvalue weighted by Gasteiger charge is -2.29.